The Bertz CT molecular complexity index is 288. The van der Waals surface area contributed by atoms with E-state index in [-0.39, 0.29) is 6.10 Å². The molecule has 0 aromatic carbocycles. The molecule has 0 saturated heterocycles. The van der Waals surface area contributed by atoms with E-state index in [4.69, 9.17) is 14.5 Å². The summed E-state index contributed by atoms with van der Waals surface area (Å²) in [6, 6.07) is 0. The van der Waals surface area contributed by atoms with Crippen LogP contribution in [0.25, 0.3) is 0 Å². The van der Waals surface area contributed by atoms with Crippen LogP contribution >= 0.6 is 0 Å². The van der Waals surface area contributed by atoms with Crippen molar-refractivity contribution >= 4 is 6.16 Å². The summed E-state index contributed by atoms with van der Waals surface area (Å²) in [5.74, 6) is 0.411. The number of unbranched alkanes of at least 4 members (excludes halogenated alkanes) is 2. The molecule has 0 bridgehead atoms. The van der Waals surface area contributed by atoms with Gasteiger partial charge in [-0.05, 0) is 45.4 Å². The average Bonchev–Trinajstić information content (AvgIpc) is 2.40. The van der Waals surface area contributed by atoms with Gasteiger partial charge < -0.3 is 4.74 Å². The summed E-state index contributed by atoms with van der Waals surface area (Å²) in [6.07, 6.45) is 7.92. The van der Waals surface area contributed by atoms with E-state index in [0.717, 1.165) is 38.5 Å². The fraction of sp³-hybridized carbons (Fsp3) is 0.938. The first-order chi connectivity index (χ1) is 9.44. The highest BCUT2D eigenvalue weighted by molar-refractivity contribution is 5.59. The molecule has 0 N–H and O–H groups in total. The van der Waals surface area contributed by atoms with E-state index in [2.05, 4.69) is 13.8 Å². The fourth-order valence-corrected chi connectivity index (χ4v) is 2.59. The SMILES string of the molecule is CCCCCC(C)(C)OOC(=O)OC1CCCCC1C. The van der Waals surface area contributed by atoms with Gasteiger partial charge in [0.25, 0.3) is 0 Å². The van der Waals surface area contributed by atoms with Crippen LogP contribution in [-0.2, 0) is 14.5 Å². The lowest BCUT2D eigenvalue weighted by molar-refractivity contribution is -0.321. The lowest BCUT2D eigenvalue weighted by Gasteiger charge is -2.28. The van der Waals surface area contributed by atoms with Gasteiger partial charge in [-0.2, -0.15) is 4.89 Å². The van der Waals surface area contributed by atoms with Gasteiger partial charge in [0.2, 0.25) is 0 Å². The highest BCUT2D eigenvalue weighted by Gasteiger charge is 2.27. The molecule has 1 aliphatic carbocycles. The molecule has 0 spiro atoms. The number of hydrogen-bond donors (Lipinski definition) is 0. The van der Waals surface area contributed by atoms with Gasteiger partial charge in [-0.15, -0.1) is 0 Å². The van der Waals surface area contributed by atoms with E-state index in [1.54, 1.807) is 0 Å². The Hall–Kier alpha value is -0.770. The molecular weight excluding hydrogens is 256 g/mol. The van der Waals surface area contributed by atoms with Crippen LogP contribution in [0.3, 0.4) is 0 Å². The van der Waals surface area contributed by atoms with Crippen LogP contribution in [0.15, 0.2) is 0 Å². The number of hydrogen-bond acceptors (Lipinski definition) is 4. The molecule has 0 heterocycles. The summed E-state index contributed by atoms with van der Waals surface area (Å²) in [6.45, 7) is 8.14. The summed E-state index contributed by atoms with van der Waals surface area (Å²) in [5.41, 5.74) is -0.452. The maximum atomic E-state index is 11.7. The van der Waals surface area contributed by atoms with Crippen molar-refractivity contribution in [1.82, 2.24) is 0 Å². The largest absolute Gasteiger partial charge is 0.540 e. The molecule has 2 unspecified atom stereocenters. The molecule has 0 aliphatic heterocycles. The van der Waals surface area contributed by atoms with Gasteiger partial charge in [0.1, 0.15) is 11.7 Å². The van der Waals surface area contributed by atoms with Crippen LogP contribution in [0, 0.1) is 5.92 Å². The van der Waals surface area contributed by atoms with Gasteiger partial charge in [0.15, 0.2) is 0 Å². The summed E-state index contributed by atoms with van der Waals surface area (Å²) >= 11 is 0. The first-order valence-electron chi connectivity index (χ1n) is 8.01. The van der Waals surface area contributed by atoms with Crippen LogP contribution in [-0.4, -0.2) is 17.9 Å². The van der Waals surface area contributed by atoms with E-state index in [0.29, 0.717) is 5.92 Å². The fourth-order valence-electron chi connectivity index (χ4n) is 2.59. The molecular formula is C16H30O4. The van der Waals surface area contributed by atoms with E-state index in [1.807, 2.05) is 13.8 Å². The molecule has 4 heteroatoms. The molecule has 20 heavy (non-hydrogen) atoms. The van der Waals surface area contributed by atoms with Gasteiger partial charge in [-0.3, -0.25) is 4.89 Å². The second-order valence-corrected chi connectivity index (χ2v) is 6.55. The third-order valence-corrected chi connectivity index (χ3v) is 4.00. The maximum absolute atomic E-state index is 11.7. The predicted octanol–water partition coefficient (Wildman–Crippen LogP) is 5.01. The standard InChI is InChI=1S/C16H30O4/c1-5-6-9-12-16(3,4)20-19-15(17)18-14-11-8-7-10-13(14)2/h13-14H,5-12H2,1-4H3. The third-order valence-electron chi connectivity index (χ3n) is 4.00. The predicted molar refractivity (Wildman–Crippen MR) is 78.3 cm³/mol. The normalized spacial score (nSPS) is 23.4. The highest BCUT2D eigenvalue weighted by atomic mass is 17.2. The molecule has 0 radical (unpaired) electrons. The first kappa shape index (κ1) is 17.3. The molecule has 0 aromatic rings. The van der Waals surface area contributed by atoms with E-state index >= 15 is 0 Å². The lowest BCUT2D eigenvalue weighted by Crippen LogP contribution is -2.31. The van der Waals surface area contributed by atoms with Crippen molar-refractivity contribution in [2.75, 3.05) is 0 Å². The number of rotatable bonds is 7. The Balaban J connectivity index is 2.24. The smallest absolute Gasteiger partial charge is 0.429 e. The Morgan fingerprint density at radius 2 is 1.90 bits per heavy atom. The number of ether oxygens (including phenoxy) is 1. The molecule has 1 fully saturated rings. The molecule has 0 amide bonds. The van der Waals surface area contributed by atoms with E-state index in [1.165, 1.54) is 12.8 Å². The van der Waals surface area contributed by atoms with Crippen LogP contribution in [0.5, 0.6) is 0 Å². The summed E-state index contributed by atoms with van der Waals surface area (Å²) < 4.78 is 5.34. The molecule has 1 saturated carbocycles. The Labute approximate surface area is 123 Å². The van der Waals surface area contributed by atoms with Crippen molar-refractivity contribution < 1.29 is 19.3 Å². The van der Waals surface area contributed by atoms with Crippen molar-refractivity contribution in [2.24, 2.45) is 5.92 Å². The second-order valence-electron chi connectivity index (χ2n) is 6.55. The maximum Gasteiger partial charge on any atom is 0.540 e. The molecule has 0 aromatic heterocycles. The Morgan fingerprint density at radius 3 is 2.55 bits per heavy atom. The van der Waals surface area contributed by atoms with Crippen molar-refractivity contribution in [3.8, 4) is 0 Å². The molecule has 118 valence electrons. The monoisotopic (exact) mass is 286 g/mol. The zero-order valence-corrected chi connectivity index (χ0v) is 13.4. The van der Waals surface area contributed by atoms with Crippen LogP contribution in [0.2, 0.25) is 0 Å². The molecule has 2 atom stereocenters. The minimum Gasteiger partial charge on any atom is -0.429 e. The molecule has 1 aliphatic rings. The first-order valence-corrected chi connectivity index (χ1v) is 8.01. The van der Waals surface area contributed by atoms with E-state index in [9.17, 15) is 4.79 Å². The highest BCUT2D eigenvalue weighted by Crippen LogP contribution is 2.27. The van der Waals surface area contributed by atoms with Gasteiger partial charge in [0.05, 0.1) is 0 Å². The van der Waals surface area contributed by atoms with Crippen LogP contribution in [0.1, 0.15) is 79.1 Å². The van der Waals surface area contributed by atoms with Gasteiger partial charge >= 0.3 is 6.16 Å². The topological polar surface area (TPSA) is 44.8 Å². The second kappa shape index (κ2) is 8.50. The van der Waals surface area contributed by atoms with Crippen LogP contribution < -0.4 is 0 Å². The minimum absolute atomic E-state index is 0.0250. The Kier molecular flexibility index (Phi) is 7.35. The molecule has 1 rings (SSSR count). The quantitative estimate of drug-likeness (QED) is 0.285. The van der Waals surface area contributed by atoms with Gasteiger partial charge in [-0.25, -0.2) is 4.79 Å². The van der Waals surface area contributed by atoms with Gasteiger partial charge in [0, 0.05) is 0 Å². The number of carbonyl (C=O) groups is 1. The summed E-state index contributed by atoms with van der Waals surface area (Å²) in [5, 5.41) is 0. The average molecular weight is 286 g/mol. The lowest BCUT2D eigenvalue weighted by atomic mass is 9.88. The number of carbonyl (C=O) groups excluding carboxylic acids is 1. The van der Waals surface area contributed by atoms with Crippen molar-refractivity contribution in [3.05, 3.63) is 0 Å². The zero-order valence-electron chi connectivity index (χ0n) is 13.4. The van der Waals surface area contributed by atoms with Gasteiger partial charge in [-0.1, -0.05) is 39.5 Å². The summed E-state index contributed by atoms with van der Waals surface area (Å²) in [7, 11) is 0. The molecule has 4 nitrogen and oxygen atoms in total. The Morgan fingerprint density at radius 1 is 1.20 bits per heavy atom. The van der Waals surface area contributed by atoms with Crippen LogP contribution in [0.4, 0.5) is 4.79 Å². The van der Waals surface area contributed by atoms with Crippen molar-refractivity contribution in [2.45, 2.75) is 90.8 Å². The zero-order chi connectivity index (χ0) is 15.0. The van der Waals surface area contributed by atoms with Crippen molar-refractivity contribution in [3.63, 3.8) is 0 Å². The van der Waals surface area contributed by atoms with E-state index < -0.39 is 11.8 Å². The van der Waals surface area contributed by atoms with Crippen molar-refractivity contribution in [1.29, 1.82) is 0 Å². The summed E-state index contributed by atoms with van der Waals surface area (Å²) in [4.78, 5) is 21.7. The minimum atomic E-state index is -0.702. The third kappa shape index (κ3) is 6.60.